The Bertz CT molecular complexity index is 1110. The van der Waals surface area contributed by atoms with Crippen molar-refractivity contribution in [2.24, 2.45) is 23.7 Å². The van der Waals surface area contributed by atoms with Gasteiger partial charge in [0.1, 0.15) is 12.3 Å². The summed E-state index contributed by atoms with van der Waals surface area (Å²) in [5.74, 6) is -0.460. The van der Waals surface area contributed by atoms with Gasteiger partial charge >= 0.3 is 6.03 Å². The second kappa shape index (κ2) is 13.0. The average molecular weight is 618 g/mol. The third kappa shape index (κ3) is 5.71. The summed E-state index contributed by atoms with van der Waals surface area (Å²) >= 11 is 0. The van der Waals surface area contributed by atoms with E-state index in [2.05, 4.69) is 65.7 Å². The predicted molar refractivity (Wildman–Crippen MR) is 167 cm³/mol. The number of nitrogens with zero attached hydrogens (tertiary/aromatic N) is 3. The van der Waals surface area contributed by atoms with Crippen molar-refractivity contribution in [1.82, 2.24) is 36.0 Å². The normalized spacial score (nSPS) is 45.7. The molecule has 13 atom stereocenters. The van der Waals surface area contributed by atoms with Crippen LogP contribution in [0.1, 0.15) is 59.8 Å². The smallest absolute Gasteiger partial charge is 0.320 e. The molecule has 0 radical (unpaired) electrons. The second-order valence-corrected chi connectivity index (χ2v) is 14.6. The van der Waals surface area contributed by atoms with Gasteiger partial charge in [0, 0.05) is 67.6 Å². The maximum absolute atomic E-state index is 16.6. The number of rotatable bonds is 3. The van der Waals surface area contributed by atoms with Crippen LogP contribution in [-0.4, -0.2) is 114 Å². The molecule has 44 heavy (non-hydrogen) atoms. The standard InChI is InChI=1S/C33H53F2N7O2/c1-6-26(43)40-16-20(5)41(17-19(40)4)31-22-15-24(35)29-27-23(34)10-7-11-25(27)36-13-8-9-21-12-14-37-28(18(2)3)30(21)42(32(22)38-29)33(44)39-31/h6,8-9,18-25,27-32,36-38H,1,7,10-17H2,2-5H3,(H,39,44)/b9-8-/t19-,20+,21?,22?,23?,24?,25?,27?,28?,29?,30?,31?,32?/m1/s1. The van der Waals surface area contributed by atoms with Crippen LogP contribution < -0.4 is 21.3 Å². The fraction of sp³-hybridized carbons (Fsp3) is 0.818. The predicted octanol–water partition coefficient (Wildman–Crippen LogP) is 2.76. The Morgan fingerprint density at radius 1 is 1.07 bits per heavy atom. The van der Waals surface area contributed by atoms with Crippen molar-refractivity contribution in [2.45, 2.75) is 121 Å². The van der Waals surface area contributed by atoms with Crippen LogP contribution in [0.5, 0.6) is 0 Å². The maximum Gasteiger partial charge on any atom is 0.320 e. The molecule has 3 amide bonds. The molecule has 9 nitrogen and oxygen atoms in total. The van der Waals surface area contributed by atoms with Crippen molar-refractivity contribution >= 4 is 11.9 Å². The Labute approximate surface area is 261 Å². The van der Waals surface area contributed by atoms with E-state index in [0.29, 0.717) is 26.1 Å². The third-order valence-corrected chi connectivity index (χ3v) is 11.6. The van der Waals surface area contributed by atoms with Gasteiger partial charge in [-0.1, -0.05) is 32.6 Å². The molecule has 5 fully saturated rings. The van der Waals surface area contributed by atoms with Crippen molar-refractivity contribution in [1.29, 1.82) is 0 Å². The van der Waals surface area contributed by atoms with E-state index in [1.807, 2.05) is 16.7 Å². The van der Waals surface area contributed by atoms with E-state index in [9.17, 15) is 9.59 Å². The van der Waals surface area contributed by atoms with Gasteiger partial charge in [0.05, 0.1) is 18.4 Å². The van der Waals surface area contributed by atoms with Gasteiger partial charge in [-0.2, -0.15) is 0 Å². The zero-order valence-electron chi connectivity index (χ0n) is 26.8. The SMILES string of the molecule is C=CC(=O)N1C[C@H](C)N(C2NC(=O)N3C4NC(C(F)CC42)C2C(F)CCCC2NC/C=C\C2CCNC(C(C)C)C23)C[C@H]1C. The number of halogens is 2. The number of hydrogen-bond acceptors (Lipinski definition) is 6. The Morgan fingerprint density at radius 3 is 2.61 bits per heavy atom. The molecule has 2 bridgehead atoms. The summed E-state index contributed by atoms with van der Waals surface area (Å²) in [6.07, 6.45) is 5.72. The van der Waals surface area contributed by atoms with Crippen molar-refractivity contribution in [3.8, 4) is 0 Å². The van der Waals surface area contributed by atoms with E-state index in [1.54, 1.807) is 0 Å². The number of alkyl halides is 2. The van der Waals surface area contributed by atoms with Gasteiger partial charge in [-0.15, -0.1) is 0 Å². The summed E-state index contributed by atoms with van der Waals surface area (Å²) in [5, 5.41) is 14.3. The summed E-state index contributed by atoms with van der Waals surface area (Å²) in [5.41, 5.74) is 0. The fourth-order valence-corrected chi connectivity index (χ4v) is 9.49. The van der Waals surface area contributed by atoms with E-state index in [1.165, 1.54) is 6.08 Å². The lowest BCUT2D eigenvalue weighted by molar-refractivity contribution is -0.136. The third-order valence-electron chi connectivity index (χ3n) is 11.6. The zero-order valence-corrected chi connectivity index (χ0v) is 26.8. The van der Waals surface area contributed by atoms with E-state index >= 15 is 8.78 Å². The Morgan fingerprint density at radius 2 is 1.86 bits per heavy atom. The van der Waals surface area contributed by atoms with Crippen molar-refractivity contribution in [3.05, 3.63) is 24.8 Å². The molecule has 4 saturated heterocycles. The molecule has 6 aliphatic rings. The number of hydrogen-bond donors (Lipinski definition) is 4. The number of urea groups is 1. The summed E-state index contributed by atoms with van der Waals surface area (Å²) < 4.78 is 32.4. The maximum atomic E-state index is 16.6. The van der Waals surface area contributed by atoms with E-state index in [-0.39, 0.29) is 66.3 Å². The molecule has 1 saturated carbocycles. The summed E-state index contributed by atoms with van der Waals surface area (Å²) in [6, 6.07) is -1.19. The number of fused-ring (bicyclic) bond motifs is 5. The molecule has 5 aliphatic heterocycles. The molecule has 0 aromatic heterocycles. The van der Waals surface area contributed by atoms with E-state index in [4.69, 9.17) is 0 Å². The van der Waals surface area contributed by atoms with Gasteiger partial charge in [0.15, 0.2) is 0 Å². The minimum atomic E-state index is -1.25. The molecule has 6 rings (SSSR count). The first-order valence-electron chi connectivity index (χ1n) is 17.1. The molecule has 0 aromatic carbocycles. The van der Waals surface area contributed by atoms with Gasteiger partial charge in [-0.05, 0) is 64.5 Å². The first-order chi connectivity index (χ1) is 21.1. The largest absolute Gasteiger partial charge is 0.334 e. The Hall–Kier alpha value is -2.08. The van der Waals surface area contributed by atoms with E-state index < -0.39 is 36.6 Å². The Balaban J connectivity index is 1.40. The van der Waals surface area contributed by atoms with Gasteiger partial charge in [-0.25, -0.2) is 13.6 Å². The molecule has 4 N–H and O–H groups in total. The van der Waals surface area contributed by atoms with Crippen LogP contribution in [0.2, 0.25) is 0 Å². The molecule has 0 aromatic rings. The van der Waals surface area contributed by atoms with Crippen LogP contribution in [0.4, 0.5) is 13.6 Å². The number of carbonyl (C=O) groups excluding carboxylic acids is 2. The highest BCUT2D eigenvalue weighted by atomic mass is 19.1. The van der Waals surface area contributed by atoms with Gasteiger partial charge < -0.3 is 25.8 Å². The molecule has 246 valence electrons. The number of nitrogens with one attached hydrogen (secondary N) is 4. The highest BCUT2D eigenvalue weighted by Crippen LogP contribution is 2.42. The number of carbonyl (C=O) groups is 2. The monoisotopic (exact) mass is 617 g/mol. The molecular formula is C33H53F2N7O2. The lowest BCUT2D eigenvalue weighted by Gasteiger charge is -2.60. The van der Waals surface area contributed by atoms with Crippen LogP contribution in [0.25, 0.3) is 0 Å². The van der Waals surface area contributed by atoms with Gasteiger partial charge in [0.25, 0.3) is 0 Å². The minimum Gasteiger partial charge on any atom is -0.334 e. The Kier molecular flexibility index (Phi) is 9.40. The highest BCUT2D eigenvalue weighted by molar-refractivity contribution is 5.87. The highest BCUT2D eigenvalue weighted by Gasteiger charge is 2.57. The van der Waals surface area contributed by atoms with Gasteiger partial charge in [-0.3, -0.25) is 15.0 Å². The van der Waals surface area contributed by atoms with Crippen LogP contribution in [0, 0.1) is 23.7 Å². The van der Waals surface area contributed by atoms with Crippen molar-refractivity contribution < 1.29 is 18.4 Å². The molecule has 11 unspecified atom stereocenters. The lowest BCUT2D eigenvalue weighted by atomic mass is 9.71. The summed E-state index contributed by atoms with van der Waals surface area (Å²) in [6.45, 7) is 14.7. The number of amides is 3. The van der Waals surface area contributed by atoms with Gasteiger partial charge in [0.2, 0.25) is 5.91 Å². The topological polar surface area (TPSA) is 92.0 Å². The molecule has 11 heteroatoms. The average Bonchev–Trinajstić information content (AvgIpc) is 2.99. The molecular weight excluding hydrogens is 564 g/mol. The van der Waals surface area contributed by atoms with Crippen LogP contribution >= 0.6 is 0 Å². The first-order valence-corrected chi connectivity index (χ1v) is 17.1. The summed E-state index contributed by atoms with van der Waals surface area (Å²) in [7, 11) is 0. The minimum absolute atomic E-state index is 0.0495. The fourth-order valence-electron chi connectivity index (χ4n) is 9.49. The first kappa shape index (κ1) is 31.9. The van der Waals surface area contributed by atoms with Crippen LogP contribution in [-0.2, 0) is 4.79 Å². The second-order valence-electron chi connectivity index (χ2n) is 14.6. The number of piperazine rings is 1. The van der Waals surface area contributed by atoms with Crippen LogP contribution in [0.3, 0.4) is 0 Å². The number of piperidine rings is 2. The molecule has 5 heterocycles. The molecule has 1 aliphatic carbocycles. The van der Waals surface area contributed by atoms with E-state index in [0.717, 1.165) is 25.8 Å². The summed E-state index contributed by atoms with van der Waals surface area (Å²) in [4.78, 5) is 33.1. The zero-order chi connectivity index (χ0) is 31.3. The van der Waals surface area contributed by atoms with Crippen molar-refractivity contribution in [2.75, 3.05) is 26.2 Å². The van der Waals surface area contributed by atoms with Crippen LogP contribution in [0.15, 0.2) is 24.8 Å². The van der Waals surface area contributed by atoms with Crippen molar-refractivity contribution in [3.63, 3.8) is 0 Å². The molecule has 0 spiro atoms. The lowest BCUT2D eigenvalue weighted by Crippen LogP contribution is -2.80. The quantitative estimate of drug-likeness (QED) is 0.288.